The molecule has 2 aliphatic heterocycles. The number of phenols is 1. The normalized spacial score (nSPS) is 17.5. The maximum Gasteiger partial charge on any atom is 0.416 e. The van der Waals surface area contributed by atoms with E-state index in [9.17, 15) is 23.1 Å². The molecule has 0 spiro atoms. The number of fused-ring (bicyclic) bond motifs is 3. The van der Waals surface area contributed by atoms with Crippen LogP contribution in [0.5, 0.6) is 5.75 Å². The van der Waals surface area contributed by atoms with E-state index in [0.717, 1.165) is 17.0 Å². The first kappa shape index (κ1) is 24.2. The third kappa shape index (κ3) is 4.32. The molecule has 1 atom stereocenters. The number of carbonyl (C=O) groups is 1. The van der Waals surface area contributed by atoms with Gasteiger partial charge in [0.15, 0.2) is 5.82 Å². The van der Waals surface area contributed by atoms with Gasteiger partial charge in [-0.2, -0.15) is 18.3 Å². The Morgan fingerprint density at radius 1 is 1.11 bits per heavy atom. The van der Waals surface area contributed by atoms with Crippen LogP contribution in [0, 0.1) is 5.92 Å². The van der Waals surface area contributed by atoms with Crippen molar-refractivity contribution in [2.45, 2.75) is 42.5 Å². The molecule has 1 N–H and O–H groups in total. The Hall–Kier alpha value is -3.47. The molecule has 0 unspecified atom stereocenters. The Morgan fingerprint density at radius 2 is 1.78 bits per heavy atom. The standard InChI is InChI=1S/C25H24F3N5O2S/c1-14(2)19-13-32-21-20(22(35)31(3)24(32)29-19)23(36-18-10-8-17(34)9-11-18)33(30-21)12-15-4-6-16(7-5-15)25(26,27)28/h4-11,14,19,34H,12-13H2,1-3H3/t19-/m0/s1. The zero-order valence-electron chi connectivity index (χ0n) is 19.8. The van der Waals surface area contributed by atoms with Gasteiger partial charge in [-0.25, -0.2) is 4.99 Å². The van der Waals surface area contributed by atoms with Crippen molar-refractivity contribution in [2.24, 2.45) is 10.9 Å². The highest BCUT2D eigenvalue weighted by atomic mass is 32.2. The molecule has 1 amide bonds. The Morgan fingerprint density at radius 3 is 2.39 bits per heavy atom. The summed E-state index contributed by atoms with van der Waals surface area (Å²) < 4.78 is 40.7. The third-order valence-electron chi connectivity index (χ3n) is 6.29. The summed E-state index contributed by atoms with van der Waals surface area (Å²) >= 11 is 1.31. The Kier molecular flexibility index (Phi) is 5.98. The van der Waals surface area contributed by atoms with E-state index in [1.165, 1.54) is 28.8 Å². The SMILES string of the molecule is CC(C)[C@@H]1CN2C(=N1)N(C)C(=O)c1c2nn(Cc2ccc(C(F)(F)F)cc2)c1Sc1ccc(O)cc1. The summed E-state index contributed by atoms with van der Waals surface area (Å²) in [7, 11) is 1.68. The monoisotopic (exact) mass is 515 g/mol. The molecule has 5 rings (SSSR count). The minimum Gasteiger partial charge on any atom is -0.508 e. The van der Waals surface area contributed by atoms with E-state index < -0.39 is 11.7 Å². The molecule has 3 heterocycles. The number of phenolic OH excluding ortho intramolecular Hbond substituents is 1. The van der Waals surface area contributed by atoms with Crippen molar-refractivity contribution in [2.75, 3.05) is 18.5 Å². The second-order valence-electron chi connectivity index (χ2n) is 9.17. The van der Waals surface area contributed by atoms with E-state index in [4.69, 9.17) is 10.1 Å². The van der Waals surface area contributed by atoms with Crippen molar-refractivity contribution in [3.63, 3.8) is 0 Å². The van der Waals surface area contributed by atoms with Crippen LogP contribution in [0.2, 0.25) is 0 Å². The lowest BCUT2D eigenvalue weighted by Crippen LogP contribution is -2.48. The molecule has 0 saturated carbocycles. The molecule has 0 aliphatic carbocycles. The highest BCUT2D eigenvalue weighted by Crippen LogP contribution is 2.41. The number of hydrogen-bond donors (Lipinski definition) is 1. The second kappa shape index (κ2) is 8.88. The van der Waals surface area contributed by atoms with Crippen LogP contribution in [0.1, 0.15) is 35.3 Å². The van der Waals surface area contributed by atoms with Crippen molar-refractivity contribution in [1.82, 2.24) is 14.7 Å². The van der Waals surface area contributed by atoms with Gasteiger partial charge in [0.05, 0.1) is 24.7 Å². The summed E-state index contributed by atoms with van der Waals surface area (Å²) in [6, 6.07) is 11.5. The molecule has 36 heavy (non-hydrogen) atoms. The molecule has 3 aromatic rings. The summed E-state index contributed by atoms with van der Waals surface area (Å²) in [6.07, 6.45) is -4.42. The zero-order chi connectivity index (χ0) is 25.8. The molecule has 0 fully saturated rings. The van der Waals surface area contributed by atoms with Crippen LogP contribution in [0.25, 0.3) is 0 Å². The minimum absolute atomic E-state index is 0.00876. The van der Waals surface area contributed by atoms with Crippen molar-refractivity contribution in [1.29, 1.82) is 0 Å². The van der Waals surface area contributed by atoms with Crippen LogP contribution in [0.15, 0.2) is 63.4 Å². The fourth-order valence-corrected chi connectivity index (χ4v) is 5.20. The Balaban J connectivity index is 1.58. The van der Waals surface area contributed by atoms with Crippen LogP contribution < -0.4 is 4.90 Å². The van der Waals surface area contributed by atoms with Gasteiger partial charge in [0.1, 0.15) is 16.3 Å². The predicted molar refractivity (Wildman–Crippen MR) is 131 cm³/mol. The molecule has 11 heteroatoms. The zero-order valence-corrected chi connectivity index (χ0v) is 20.6. The molecule has 188 valence electrons. The van der Waals surface area contributed by atoms with Crippen LogP contribution in [-0.2, 0) is 12.7 Å². The molecule has 1 aromatic heterocycles. The Bertz CT molecular complexity index is 1330. The maximum absolute atomic E-state index is 13.5. The lowest BCUT2D eigenvalue weighted by atomic mass is 10.1. The molecule has 0 radical (unpaired) electrons. The second-order valence-corrected chi connectivity index (χ2v) is 10.2. The highest BCUT2D eigenvalue weighted by molar-refractivity contribution is 7.99. The summed E-state index contributed by atoms with van der Waals surface area (Å²) in [4.78, 5) is 22.5. The lowest BCUT2D eigenvalue weighted by Gasteiger charge is -2.30. The number of rotatable bonds is 5. The summed E-state index contributed by atoms with van der Waals surface area (Å²) in [5.41, 5.74) is 0.316. The van der Waals surface area contributed by atoms with Gasteiger partial charge in [0.2, 0.25) is 5.96 Å². The number of aliphatic imine (C=N–C) groups is 1. The Labute approximate surface area is 210 Å². The number of aromatic nitrogens is 2. The summed E-state index contributed by atoms with van der Waals surface area (Å²) in [5.74, 6) is 1.19. The smallest absolute Gasteiger partial charge is 0.416 e. The van der Waals surface area contributed by atoms with E-state index in [0.29, 0.717) is 34.5 Å². The predicted octanol–water partition coefficient (Wildman–Crippen LogP) is 5.09. The van der Waals surface area contributed by atoms with Crippen molar-refractivity contribution in [3.05, 3.63) is 65.2 Å². The molecule has 2 aromatic carbocycles. The van der Waals surface area contributed by atoms with Gasteiger partial charge in [-0.05, 0) is 47.9 Å². The molecule has 7 nitrogen and oxygen atoms in total. The van der Waals surface area contributed by atoms with Gasteiger partial charge in [-0.15, -0.1) is 0 Å². The van der Waals surface area contributed by atoms with Gasteiger partial charge in [0, 0.05) is 11.9 Å². The molecule has 0 bridgehead atoms. The van der Waals surface area contributed by atoms with Gasteiger partial charge in [-0.3, -0.25) is 19.3 Å². The number of halogens is 3. The van der Waals surface area contributed by atoms with Gasteiger partial charge >= 0.3 is 6.18 Å². The van der Waals surface area contributed by atoms with Crippen LogP contribution >= 0.6 is 11.8 Å². The van der Waals surface area contributed by atoms with Crippen LogP contribution in [0.4, 0.5) is 19.0 Å². The van der Waals surface area contributed by atoms with E-state index in [-0.39, 0.29) is 30.2 Å². The molecular weight excluding hydrogens is 491 g/mol. The van der Waals surface area contributed by atoms with Gasteiger partial charge < -0.3 is 5.11 Å². The van der Waals surface area contributed by atoms with E-state index in [2.05, 4.69) is 13.8 Å². The topological polar surface area (TPSA) is 74.0 Å². The van der Waals surface area contributed by atoms with Crippen molar-refractivity contribution >= 4 is 29.4 Å². The number of hydrogen-bond acceptors (Lipinski definition) is 6. The van der Waals surface area contributed by atoms with Crippen LogP contribution in [0.3, 0.4) is 0 Å². The fraction of sp³-hybridized carbons (Fsp3) is 0.320. The number of aromatic hydroxyl groups is 1. The van der Waals surface area contributed by atoms with Crippen LogP contribution in [-0.4, -0.2) is 51.3 Å². The third-order valence-corrected chi connectivity index (χ3v) is 7.40. The number of alkyl halides is 3. The quantitative estimate of drug-likeness (QED) is 0.512. The number of nitrogens with zero attached hydrogens (tertiary/aromatic N) is 5. The number of benzene rings is 2. The van der Waals surface area contributed by atoms with Gasteiger partial charge in [-0.1, -0.05) is 37.7 Å². The maximum atomic E-state index is 13.5. The van der Waals surface area contributed by atoms with Gasteiger partial charge in [0.25, 0.3) is 5.91 Å². The minimum atomic E-state index is -4.42. The average molecular weight is 516 g/mol. The first-order chi connectivity index (χ1) is 17.0. The number of guanidine groups is 1. The average Bonchev–Trinajstić information content (AvgIpc) is 3.42. The number of anilines is 1. The van der Waals surface area contributed by atoms with Crippen molar-refractivity contribution < 1.29 is 23.1 Å². The lowest BCUT2D eigenvalue weighted by molar-refractivity contribution is -0.137. The molecular formula is C25H24F3N5O2S. The molecule has 0 saturated heterocycles. The highest BCUT2D eigenvalue weighted by Gasteiger charge is 2.43. The summed E-state index contributed by atoms with van der Waals surface area (Å²) in [5, 5.41) is 15.0. The fourth-order valence-electron chi connectivity index (χ4n) is 4.21. The summed E-state index contributed by atoms with van der Waals surface area (Å²) in [6.45, 7) is 4.91. The van der Waals surface area contributed by atoms with Crippen molar-refractivity contribution in [3.8, 4) is 5.75 Å². The molecule has 2 aliphatic rings. The largest absolute Gasteiger partial charge is 0.508 e. The van der Waals surface area contributed by atoms with E-state index in [1.54, 1.807) is 36.0 Å². The van der Waals surface area contributed by atoms with E-state index >= 15 is 0 Å². The first-order valence-corrected chi connectivity index (χ1v) is 12.2. The number of amides is 1. The van der Waals surface area contributed by atoms with E-state index in [1.807, 2.05) is 4.90 Å². The number of carbonyl (C=O) groups excluding carboxylic acids is 1. The first-order valence-electron chi connectivity index (χ1n) is 11.4.